The van der Waals surface area contributed by atoms with Crippen molar-refractivity contribution in [3.8, 4) is 0 Å². The van der Waals surface area contributed by atoms with E-state index in [1.807, 2.05) is 0 Å². The smallest absolute Gasteiger partial charge is 0.220 e. The molecular weight excluding hydrogens is 943 g/mol. The zero-order chi connectivity index (χ0) is 53.9. The van der Waals surface area contributed by atoms with Crippen LogP contribution >= 0.6 is 0 Å². The van der Waals surface area contributed by atoms with Crippen molar-refractivity contribution >= 4 is 5.91 Å². The number of ether oxygens (including phenoxy) is 4. The first kappa shape index (κ1) is 68.6. The third kappa shape index (κ3) is 31.8. The Labute approximate surface area is 449 Å². The molecule has 2 aliphatic heterocycles. The Morgan fingerprint density at radius 2 is 0.919 bits per heavy atom. The summed E-state index contributed by atoms with van der Waals surface area (Å²) in [5, 5.41) is 87.2. The zero-order valence-electron chi connectivity index (χ0n) is 46.8. The third-order valence-electron chi connectivity index (χ3n) is 15.2. The van der Waals surface area contributed by atoms with Crippen molar-refractivity contribution in [2.75, 3.05) is 19.8 Å². The molecule has 0 saturated carbocycles. The van der Waals surface area contributed by atoms with Crippen molar-refractivity contribution in [1.82, 2.24) is 5.32 Å². The van der Waals surface area contributed by atoms with Gasteiger partial charge in [0.25, 0.3) is 0 Å². The summed E-state index contributed by atoms with van der Waals surface area (Å²) in [4.78, 5) is 13.2. The zero-order valence-corrected chi connectivity index (χ0v) is 46.8. The molecule has 12 unspecified atom stereocenters. The lowest BCUT2D eigenvalue weighted by atomic mass is 9.97. The molecule has 9 N–H and O–H groups in total. The van der Waals surface area contributed by atoms with Crippen LogP contribution in [0.15, 0.2) is 24.3 Å². The van der Waals surface area contributed by atoms with Gasteiger partial charge in [0.2, 0.25) is 5.91 Å². The summed E-state index contributed by atoms with van der Waals surface area (Å²) < 4.78 is 22.8. The van der Waals surface area contributed by atoms with Gasteiger partial charge in [0, 0.05) is 6.42 Å². The number of aliphatic hydroxyl groups is 8. The second-order valence-corrected chi connectivity index (χ2v) is 21.8. The summed E-state index contributed by atoms with van der Waals surface area (Å²) in [6.45, 7) is 2.80. The number of aliphatic hydroxyl groups excluding tert-OH is 8. The van der Waals surface area contributed by atoms with Gasteiger partial charge in [-0.05, 0) is 38.5 Å². The lowest BCUT2D eigenvalue weighted by Crippen LogP contribution is -2.65. The molecule has 0 aromatic carbocycles. The number of amides is 1. The molecule has 0 radical (unpaired) electrons. The van der Waals surface area contributed by atoms with Gasteiger partial charge in [0.05, 0.1) is 32.0 Å². The van der Waals surface area contributed by atoms with Crippen LogP contribution in [0.5, 0.6) is 0 Å². The normalized spacial score (nSPS) is 25.3. The van der Waals surface area contributed by atoms with Gasteiger partial charge in [0.1, 0.15) is 48.8 Å². The standard InChI is InChI=1S/C60H113NO13/c1-3-5-7-9-11-13-15-17-18-19-20-21-22-23-24-25-26-27-28-29-30-32-33-35-37-39-41-43-49(64)48(61-52(65)44-42-40-38-36-34-31-16-14-12-10-8-6-4-2)47-71-59-57(70)55(68)58(51(46-63)73-59)74-60-56(69)54(67)53(66)50(45-62)72-60/h8,10,14,16,48-51,53-60,62-64,66-70H,3-7,9,11-13,15,17-47H2,1-2H3,(H,61,65)/b10-8-,16-14-. The lowest BCUT2D eigenvalue weighted by molar-refractivity contribution is -0.359. The van der Waals surface area contributed by atoms with E-state index in [1.54, 1.807) is 0 Å². The van der Waals surface area contributed by atoms with Crippen molar-refractivity contribution < 1.29 is 64.6 Å². The first-order valence-electron chi connectivity index (χ1n) is 30.6. The van der Waals surface area contributed by atoms with Crippen LogP contribution in [0.1, 0.15) is 258 Å². The van der Waals surface area contributed by atoms with Crippen LogP contribution in [-0.2, 0) is 23.7 Å². The van der Waals surface area contributed by atoms with Crippen LogP contribution in [0.3, 0.4) is 0 Å². The van der Waals surface area contributed by atoms with Crippen molar-refractivity contribution in [3.05, 3.63) is 24.3 Å². The molecule has 0 spiro atoms. The molecule has 0 aromatic heterocycles. The molecule has 2 saturated heterocycles. The highest BCUT2D eigenvalue weighted by Gasteiger charge is 2.51. The van der Waals surface area contributed by atoms with Gasteiger partial charge in [0.15, 0.2) is 12.6 Å². The molecule has 0 aliphatic carbocycles. The largest absolute Gasteiger partial charge is 0.394 e. The number of nitrogens with one attached hydrogen (secondary N) is 1. The molecule has 2 rings (SSSR count). The number of carbonyl (C=O) groups excluding carboxylic acids is 1. The maximum Gasteiger partial charge on any atom is 0.220 e. The van der Waals surface area contributed by atoms with Crippen LogP contribution in [0, 0.1) is 0 Å². The van der Waals surface area contributed by atoms with Gasteiger partial charge < -0.3 is 65.1 Å². The molecular formula is C60H113NO13. The molecule has 74 heavy (non-hydrogen) atoms. The summed E-state index contributed by atoms with van der Waals surface area (Å²) in [5.74, 6) is -0.219. The Bertz CT molecular complexity index is 1340. The van der Waals surface area contributed by atoms with E-state index < -0.39 is 86.8 Å². The molecule has 2 fully saturated rings. The van der Waals surface area contributed by atoms with Crippen molar-refractivity contribution in [2.24, 2.45) is 0 Å². The van der Waals surface area contributed by atoms with E-state index in [4.69, 9.17) is 18.9 Å². The maximum absolute atomic E-state index is 13.2. The molecule has 14 nitrogen and oxygen atoms in total. The van der Waals surface area contributed by atoms with E-state index in [0.717, 1.165) is 77.0 Å². The van der Waals surface area contributed by atoms with Crippen molar-refractivity contribution in [1.29, 1.82) is 0 Å². The number of carbonyl (C=O) groups is 1. The second-order valence-electron chi connectivity index (χ2n) is 21.8. The highest BCUT2D eigenvalue weighted by Crippen LogP contribution is 2.30. The Hall–Kier alpha value is -1.53. The van der Waals surface area contributed by atoms with Crippen molar-refractivity contribution in [3.63, 3.8) is 0 Å². The fourth-order valence-corrected chi connectivity index (χ4v) is 10.2. The minimum Gasteiger partial charge on any atom is -0.394 e. The quantitative estimate of drug-likeness (QED) is 0.0204. The van der Waals surface area contributed by atoms with Gasteiger partial charge >= 0.3 is 0 Å². The monoisotopic (exact) mass is 1060 g/mol. The number of rotatable bonds is 49. The minimum absolute atomic E-state index is 0.219. The second kappa shape index (κ2) is 46.4. The van der Waals surface area contributed by atoms with E-state index in [2.05, 4.69) is 43.5 Å². The van der Waals surface area contributed by atoms with Crippen LogP contribution in [0.2, 0.25) is 0 Å². The van der Waals surface area contributed by atoms with Gasteiger partial charge in [-0.3, -0.25) is 4.79 Å². The highest BCUT2D eigenvalue weighted by atomic mass is 16.7. The molecule has 2 aliphatic rings. The summed E-state index contributed by atoms with van der Waals surface area (Å²) in [6.07, 6.45) is 37.7. The predicted molar refractivity (Wildman–Crippen MR) is 295 cm³/mol. The van der Waals surface area contributed by atoms with Gasteiger partial charge in [-0.15, -0.1) is 0 Å². The van der Waals surface area contributed by atoms with Gasteiger partial charge in [-0.25, -0.2) is 0 Å². The average Bonchev–Trinajstić information content (AvgIpc) is 3.40. The molecule has 0 bridgehead atoms. The number of hydrogen-bond donors (Lipinski definition) is 9. The van der Waals surface area contributed by atoms with E-state index >= 15 is 0 Å². The van der Waals surface area contributed by atoms with Crippen LogP contribution in [0.4, 0.5) is 0 Å². The first-order valence-corrected chi connectivity index (χ1v) is 30.6. The maximum atomic E-state index is 13.2. The summed E-state index contributed by atoms with van der Waals surface area (Å²) in [5.41, 5.74) is 0. The number of hydrogen-bond acceptors (Lipinski definition) is 13. The molecule has 436 valence electrons. The van der Waals surface area contributed by atoms with E-state index in [-0.39, 0.29) is 18.9 Å². The van der Waals surface area contributed by atoms with Gasteiger partial charge in [-0.2, -0.15) is 0 Å². The van der Waals surface area contributed by atoms with E-state index in [9.17, 15) is 45.6 Å². The Morgan fingerprint density at radius 3 is 1.41 bits per heavy atom. The minimum atomic E-state index is -1.78. The van der Waals surface area contributed by atoms with Gasteiger partial charge in [-0.1, -0.05) is 237 Å². The molecule has 1 amide bonds. The fourth-order valence-electron chi connectivity index (χ4n) is 10.2. The number of unbranched alkanes of at least 4 members (excludes halogenated alkanes) is 32. The SMILES string of the molecule is CCC/C=C\C/C=C\CCCCCCCC(=O)NC(COC1OC(CO)C(OC2OC(CO)C(O)C(O)C2O)C(O)C1O)C(O)CCCCCCCCCCCCCCCCCCCCCCCCCCCCC. The van der Waals surface area contributed by atoms with Crippen molar-refractivity contribution in [2.45, 2.75) is 331 Å². The third-order valence-corrected chi connectivity index (χ3v) is 15.2. The fraction of sp³-hybridized carbons (Fsp3) is 0.917. The Morgan fingerprint density at radius 1 is 0.486 bits per heavy atom. The summed E-state index contributed by atoms with van der Waals surface area (Å²) in [6, 6.07) is -0.834. The highest BCUT2D eigenvalue weighted by molar-refractivity contribution is 5.76. The van der Waals surface area contributed by atoms with Crippen LogP contribution in [-0.4, -0.2) is 140 Å². The molecule has 12 atom stereocenters. The first-order chi connectivity index (χ1) is 36.1. The lowest BCUT2D eigenvalue weighted by Gasteiger charge is -2.46. The molecule has 14 heteroatoms. The predicted octanol–water partition coefficient (Wildman–Crippen LogP) is 10.4. The van der Waals surface area contributed by atoms with Crippen LogP contribution < -0.4 is 5.32 Å². The van der Waals surface area contributed by atoms with Crippen LogP contribution in [0.25, 0.3) is 0 Å². The topological polar surface area (TPSA) is 228 Å². The molecule has 2 heterocycles. The summed E-state index contributed by atoms with van der Waals surface area (Å²) >= 11 is 0. The number of allylic oxidation sites excluding steroid dienone is 4. The average molecular weight is 1060 g/mol. The van der Waals surface area contributed by atoms with E-state index in [0.29, 0.717) is 12.8 Å². The summed E-state index contributed by atoms with van der Waals surface area (Å²) in [7, 11) is 0. The Kier molecular flexibility index (Phi) is 43.0. The molecule has 0 aromatic rings. The van der Waals surface area contributed by atoms with E-state index in [1.165, 1.54) is 148 Å². The Balaban J connectivity index is 1.69.